The zero-order valence-corrected chi connectivity index (χ0v) is 32.5. The number of hydrogen-bond donors (Lipinski definition) is 5. The van der Waals surface area contributed by atoms with Crippen LogP contribution in [0, 0.1) is 17.8 Å². The third kappa shape index (κ3) is 7.93. The van der Waals surface area contributed by atoms with Crippen molar-refractivity contribution in [2.75, 3.05) is 21.2 Å². The number of aliphatic hydroxyl groups is 4. The highest BCUT2D eigenvalue weighted by Crippen LogP contribution is 2.47. The van der Waals surface area contributed by atoms with E-state index in [0.717, 1.165) is 5.57 Å². The first kappa shape index (κ1) is 41.4. The number of hydrogen-bond acceptors (Lipinski definition) is 12. The van der Waals surface area contributed by atoms with Crippen LogP contribution in [0.15, 0.2) is 11.3 Å². The summed E-state index contributed by atoms with van der Waals surface area (Å²) in [5, 5.41) is 49.0. The van der Waals surface area contributed by atoms with E-state index in [1.807, 2.05) is 60.5 Å². The Bertz CT molecular complexity index is 1220. The zero-order valence-electron chi connectivity index (χ0n) is 32.5. The molecule has 4 aliphatic rings. The van der Waals surface area contributed by atoms with Gasteiger partial charge in [0.05, 0.1) is 42.0 Å². The quantitative estimate of drug-likeness (QED) is 0.262. The second-order valence-corrected chi connectivity index (χ2v) is 16.5. The van der Waals surface area contributed by atoms with Crippen LogP contribution in [0.5, 0.6) is 0 Å². The van der Waals surface area contributed by atoms with Crippen molar-refractivity contribution in [2.24, 2.45) is 17.8 Å². The molecule has 0 aromatic carbocycles. The van der Waals surface area contributed by atoms with Gasteiger partial charge in [0, 0.05) is 37.8 Å². The molecule has 0 spiro atoms. The lowest BCUT2D eigenvalue weighted by molar-refractivity contribution is -0.316. The molecule has 1 amide bonds. The number of carbonyl (C=O) groups is 1. The molecular formula is C37H66N2O11. The lowest BCUT2D eigenvalue weighted by Gasteiger charge is -2.48. The Hall–Kier alpha value is -1.39. The van der Waals surface area contributed by atoms with Crippen LogP contribution < -0.4 is 5.32 Å². The number of aliphatic hydroxyl groups excluding tert-OH is 3. The van der Waals surface area contributed by atoms with E-state index in [-0.39, 0.29) is 24.5 Å². The third-order valence-electron chi connectivity index (χ3n) is 12.1. The van der Waals surface area contributed by atoms with Crippen molar-refractivity contribution in [2.45, 2.75) is 179 Å². The fourth-order valence-electron chi connectivity index (χ4n) is 8.86. The minimum absolute atomic E-state index is 0.194. The number of methoxy groups -OCH3 is 1. The van der Waals surface area contributed by atoms with Crippen LogP contribution in [-0.4, -0.2) is 137 Å². The molecule has 13 heteroatoms. The topological polar surface area (TPSA) is 169 Å². The van der Waals surface area contributed by atoms with E-state index in [4.69, 9.17) is 28.4 Å². The highest BCUT2D eigenvalue weighted by atomic mass is 16.7. The first-order valence-electron chi connectivity index (χ1n) is 18.4. The number of nitrogens with one attached hydrogen (secondary N) is 1. The van der Waals surface area contributed by atoms with Gasteiger partial charge in [0.2, 0.25) is 5.91 Å². The first-order valence-corrected chi connectivity index (χ1v) is 18.4. The molecule has 4 rings (SSSR count). The van der Waals surface area contributed by atoms with Crippen LogP contribution >= 0.6 is 0 Å². The highest BCUT2D eigenvalue weighted by Gasteiger charge is 2.55. The van der Waals surface area contributed by atoms with Gasteiger partial charge in [0.1, 0.15) is 35.3 Å². The molecule has 4 aliphatic heterocycles. The van der Waals surface area contributed by atoms with Crippen LogP contribution in [0.3, 0.4) is 0 Å². The number of ether oxygens (including phenoxy) is 6. The molecule has 17 atom stereocenters. The lowest BCUT2D eigenvalue weighted by atomic mass is 9.78. The zero-order chi connectivity index (χ0) is 37.7. The minimum atomic E-state index is -1.71. The van der Waals surface area contributed by atoms with Gasteiger partial charge in [-0.3, -0.25) is 4.79 Å². The van der Waals surface area contributed by atoms with Crippen molar-refractivity contribution in [1.29, 1.82) is 0 Å². The van der Waals surface area contributed by atoms with Crippen molar-refractivity contribution in [3.05, 3.63) is 11.3 Å². The second-order valence-electron chi connectivity index (χ2n) is 16.5. The number of fused-ring (bicyclic) bond motifs is 2. The Morgan fingerprint density at radius 1 is 0.980 bits per heavy atom. The van der Waals surface area contributed by atoms with Gasteiger partial charge in [-0.2, -0.15) is 0 Å². The van der Waals surface area contributed by atoms with Crippen LogP contribution in [0.1, 0.15) is 94.9 Å². The molecule has 5 N–H and O–H groups in total. The normalized spacial score (nSPS) is 49.5. The van der Waals surface area contributed by atoms with Gasteiger partial charge >= 0.3 is 0 Å². The Balaban J connectivity index is 1.84. The molecule has 0 radical (unpaired) electrons. The third-order valence-corrected chi connectivity index (χ3v) is 12.1. The predicted octanol–water partition coefficient (Wildman–Crippen LogP) is 2.47. The molecule has 13 nitrogen and oxygen atoms in total. The van der Waals surface area contributed by atoms with Gasteiger partial charge < -0.3 is 59.1 Å². The van der Waals surface area contributed by atoms with Gasteiger partial charge in [0.15, 0.2) is 12.6 Å². The largest absolute Gasteiger partial charge is 0.489 e. The Kier molecular flexibility index (Phi) is 12.8. The summed E-state index contributed by atoms with van der Waals surface area (Å²) in [6, 6.07) is -1.02. The second kappa shape index (κ2) is 15.5. The summed E-state index contributed by atoms with van der Waals surface area (Å²) >= 11 is 0. The molecule has 3 saturated heterocycles. The molecule has 4 heterocycles. The molecule has 0 unspecified atom stereocenters. The molecule has 0 aromatic heterocycles. The molecule has 0 saturated carbocycles. The Labute approximate surface area is 298 Å². The number of likely N-dealkylation sites (N-methyl/N-ethyl adjacent to an activating group) is 1. The van der Waals surface area contributed by atoms with E-state index in [0.29, 0.717) is 25.0 Å². The maximum Gasteiger partial charge on any atom is 0.225 e. The molecular weight excluding hydrogens is 648 g/mol. The fraction of sp³-hybridized carbons (Fsp3) is 0.919. The van der Waals surface area contributed by atoms with E-state index in [1.165, 1.54) is 14.0 Å². The van der Waals surface area contributed by atoms with E-state index >= 15 is 0 Å². The molecule has 0 aliphatic carbocycles. The van der Waals surface area contributed by atoms with E-state index < -0.39 is 89.8 Å². The summed E-state index contributed by atoms with van der Waals surface area (Å²) in [7, 11) is 5.36. The van der Waals surface area contributed by atoms with E-state index in [2.05, 4.69) is 5.32 Å². The molecule has 290 valence electrons. The van der Waals surface area contributed by atoms with Crippen LogP contribution in [0.25, 0.3) is 0 Å². The van der Waals surface area contributed by atoms with Crippen LogP contribution in [0.4, 0.5) is 0 Å². The number of nitrogens with zero attached hydrogens (tertiary/aromatic N) is 1. The summed E-state index contributed by atoms with van der Waals surface area (Å²) < 4.78 is 38.7. The van der Waals surface area contributed by atoms with Crippen LogP contribution in [-0.2, 0) is 33.2 Å². The maximum atomic E-state index is 14.2. The number of carbonyl (C=O) groups excluding carboxylic acids is 1. The van der Waals surface area contributed by atoms with E-state index in [1.54, 1.807) is 20.8 Å². The summed E-state index contributed by atoms with van der Waals surface area (Å²) in [6.07, 6.45) is -5.95. The average molecular weight is 715 g/mol. The van der Waals surface area contributed by atoms with Crippen molar-refractivity contribution in [1.82, 2.24) is 10.2 Å². The van der Waals surface area contributed by atoms with Crippen LogP contribution in [0.2, 0.25) is 0 Å². The van der Waals surface area contributed by atoms with Gasteiger partial charge in [-0.25, -0.2) is 0 Å². The molecule has 0 aromatic rings. The SMILES string of the molecule is CC[C@@H]1NC(=O)[C@H](C)[C@H](O[C@H]2C[C@@](C)(OC)[C@@H](O)[C@H](C)O2)[C@H](C)[C@@H](O[C@@H]2O[C@H](C)C[C@H](N(C)C)[C@H]2O)[C@@]2(C)CC(C)=C(O2)[C@@H](C)[C@@H](O)[C@]1(C)O. The summed E-state index contributed by atoms with van der Waals surface area (Å²) in [4.78, 5) is 16.2. The van der Waals surface area contributed by atoms with Gasteiger partial charge in [-0.15, -0.1) is 0 Å². The van der Waals surface area contributed by atoms with Gasteiger partial charge in [0.25, 0.3) is 0 Å². The van der Waals surface area contributed by atoms with Crippen molar-refractivity contribution < 1.29 is 53.6 Å². The molecule has 3 fully saturated rings. The summed E-state index contributed by atoms with van der Waals surface area (Å²) in [5.74, 6) is -1.85. The van der Waals surface area contributed by atoms with Crippen molar-refractivity contribution in [3.63, 3.8) is 0 Å². The minimum Gasteiger partial charge on any atom is -0.489 e. The standard InChI is InChI=1S/C37H66N2O11/c1-14-25-37(10,44)30(41)20(4)28-18(2)16-36(9,50-28)32(49-34-27(40)24(39(11)12)15-19(3)46-34)21(5)29(22(6)33(43)38-25)48-26-17-35(8,45-13)31(42)23(7)47-26/h19-27,29-32,34,40-42,44H,14-17H2,1-13H3,(H,38,43)/t19-,20-,21+,22-,23+,24+,25+,26+,27-,29-,30-,31+,32-,34+,35-,36-,37-/m1/s1. The number of rotatable bonds is 7. The van der Waals surface area contributed by atoms with Gasteiger partial charge in [-0.05, 0) is 74.1 Å². The predicted molar refractivity (Wildman–Crippen MR) is 186 cm³/mol. The molecule has 50 heavy (non-hydrogen) atoms. The van der Waals surface area contributed by atoms with Crippen molar-refractivity contribution in [3.8, 4) is 0 Å². The van der Waals surface area contributed by atoms with E-state index in [9.17, 15) is 25.2 Å². The first-order chi connectivity index (χ1) is 23.1. The maximum absolute atomic E-state index is 14.2. The fourth-order valence-corrected chi connectivity index (χ4v) is 8.86. The monoisotopic (exact) mass is 714 g/mol. The van der Waals surface area contributed by atoms with Crippen molar-refractivity contribution >= 4 is 5.91 Å². The average Bonchev–Trinajstić information content (AvgIpc) is 3.37. The van der Waals surface area contributed by atoms with Gasteiger partial charge in [-0.1, -0.05) is 27.7 Å². The smallest absolute Gasteiger partial charge is 0.225 e. The Morgan fingerprint density at radius 2 is 1.62 bits per heavy atom. The summed E-state index contributed by atoms with van der Waals surface area (Å²) in [6.45, 7) is 18.3. The number of amides is 1. The summed E-state index contributed by atoms with van der Waals surface area (Å²) in [5.41, 5.74) is -2.83. The molecule has 2 bridgehead atoms. The Morgan fingerprint density at radius 3 is 2.20 bits per heavy atom. The lowest BCUT2D eigenvalue weighted by Crippen LogP contribution is -2.61. The highest BCUT2D eigenvalue weighted by molar-refractivity contribution is 5.79.